The third kappa shape index (κ3) is 4.44. The fraction of sp³-hybridized carbons (Fsp3) is 0.158. The summed E-state index contributed by atoms with van der Waals surface area (Å²) < 4.78 is 0. The van der Waals surface area contributed by atoms with Gasteiger partial charge in [-0.25, -0.2) is 14.4 Å². The summed E-state index contributed by atoms with van der Waals surface area (Å²) in [6.07, 6.45) is -1.03. The molecule has 2 aromatic rings. The van der Waals surface area contributed by atoms with Gasteiger partial charge < -0.3 is 25.7 Å². The van der Waals surface area contributed by atoms with E-state index >= 15 is 0 Å². The van der Waals surface area contributed by atoms with E-state index in [0.717, 1.165) is 18.2 Å². The van der Waals surface area contributed by atoms with Crippen molar-refractivity contribution < 1.29 is 39.6 Å². The van der Waals surface area contributed by atoms with Crippen molar-refractivity contribution in [2.75, 3.05) is 0 Å². The molecule has 1 amide bonds. The van der Waals surface area contributed by atoms with Gasteiger partial charge in [-0.2, -0.15) is 0 Å². The van der Waals surface area contributed by atoms with Crippen molar-refractivity contribution >= 4 is 23.8 Å². The Kier molecular flexibility index (Phi) is 5.99. The molecule has 0 unspecified atom stereocenters. The van der Waals surface area contributed by atoms with Crippen molar-refractivity contribution in [2.24, 2.45) is 0 Å². The van der Waals surface area contributed by atoms with Crippen LogP contribution in [0.4, 0.5) is 0 Å². The van der Waals surface area contributed by atoms with Crippen molar-refractivity contribution in [1.29, 1.82) is 0 Å². The zero-order chi connectivity index (χ0) is 20.9. The number of aromatic hydroxyl groups is 1. The number of aromatic carboxylic acids is 1. The summed E-state index contributed by atoms with van der Waals surface area (Å²) in [5.41, 5.74) is -2.59. The van der Waals surface area contributed by atoms with Gasteiger partial charge in [0.15, 0.2) is 0 Å². The fourth-order valence-corrected chi connectivity index (χ4v) is 2.59. The molecule has 0 bridgehead atoms. The van der Waals surface area contributed by atoms with Gasteiger partial charge in [0, 0.05) is 6.42 Å². The maximum Gasteiger partial charge on any atom is 0.341 e. The van der Waals surface area contributed by atoms with E-state index in [4.69, 9.17) is 5.11 Å². The molecule has 0 radical (unpaired) electrons. The molecule has 0 aliphatic heterocycles. The highest BCUT2D eigenvalue weighted by atomic mass is 16.4. The highest BCUT2D eigenvalue weighted by Gasteiger charge is 2.48. The Morgan fingerprint density at radius 3 is 2.00 bits per heavy atom. The summed E-state index contributed by atoms with van der Waals surface area (Å²) in [6.45, 7) is 0. The number of hydrogen-bond acceptors (Lipinski definition) is 5. The number of rotatable bonds is 8. The van der Waals surface area contributed by atoms with E-state index in [1.807, 2.05) is 5.32 Å². The molecule has 0 aromatic heterocycles. The lowest BCUT2D eigenvalue weighted by atomic mass is 9.89. The highest BCUT2D eigenvalue weighted by molar-refractivity contribution is 6.07. The van der Waals surface area contributed by atoms with Crippen LogP contribution in [0.1, 0.15) is 21.5 Å². The standard InChI is InChI=1S/C19H17NO8/c21-14-9-12(16(23)24)6-7-13(14)10-19(17(25)26,18(27)28)20-15(22)8-11-4-2-1-3-5-11/h1-7,9,21H,8,10H2,(H,20,22)(H,23,24)(H,25,26)(H,27,28). The minimum Gasteiger partial charge on any atom is -0.508 e. The molecule has 5 N–H and O–H groups in total. The molecular weight excluding hydrogens is 370 g/mol. The van der Waals surface area contributed by atoms with Crippen LogP contribution < -0.4 is 5.32 Å². The van der Waals surface area contributed by atoms with Gasteiger partial charge >= 0.3 is 17.9 Å². The second kappa shape index (κ2) is 8.21. The Balaban J connectivity index is 2.33. The molecule has 2 rings (SSSR count). The van der Waals surface area contributed by atoms with Crippen molar-refractivity contribution in [3.05, 3.63) is 65.2 Å². The van der Waals surface area contributed by atoms with Gasteiger partial charge in [-0.3, -0.25) is 4.79 Å². The zero-order valence-electron chi connectivity index (χ0n) is 14.5. The smallest absolute Gasteiger partial charge is 0.341 e. The molecule has 2 aromatic carbocycles. The zero-order valence-corrected chi connectivity index (χ0v) is 14.5. The average Bonchev–Trinajstić information content (AvgIpc) is 2.62. The molecule has 9 nitrogen and oxygen atoms in total. The average molecular weight is 387 g/mol. The fourth-order valence-electron chi connectivity index (χ4n) is 2.59. The second-order valence-corrected chi connectivity index (χ2v) is 6.05. The number of benzene rings is 2. The van der Waals surface area contributed by atoms with E-state index in [1.54, 1.807) is 30.3 Å². The Morgan fingerprint density at radius 1 is 0.893 bits per heavy atom. The number of carboxylic acid groups (broad SMARTS) is 3. The topological polar surface area (TPSA) is 161 Å². The molecular formula is C19H17NO8. The van der Waals surface area contributed by atoms with Crippen molar-refractivity contribution in [3.8, 4) is 5.75 Å². The van der Waals surface area contributed by atoms with E-state index in [9.17, 15) is 34.5 Å². The van der Waals surface area contributed by atoms with Gasteiger partial charge in [0.05, 0.1) is 12.0 Å². The van der Waals surface area contributed by atoms with Gasteiger partial charge in [0.2, 0.25) is 11.4 Å². The lowest BCUT2D eigenvalue weighted by Crippen LogP contribution is -2.62. The molecule has 28 heavy (non-hydrogen) atoms. The van der Waals surface area contributed by atoms with Crippen molar-refractivity contribution in [2.45, 2.75) is 18.4 Å². The Bertz CT molecular complexity index is 909. The van der Waals surface area contributed by atoms with Crippen LogP contribution in [-0.4, -0.2) is 49.8 Å². The third-order valence-electron chi connectivity index (χ3n) is 4.08. The van der Waals surface area contributed by atoms with Crippen LogP contribution in [0.2, 0.25) is 0 Å². The molecule has 0 aliphatic rings. The van der Waals surface area contributed by atoms with E-state index in [0.29, 0.717) is 5.56 Å². The minimum atomic E-state index is -2.74. The molecule has 0 heterocycles. The third-order valence-corrected chi connectivity index (χ3v) is 4.08. The van der Waals surface area contributed by atoms with Crippen LogP contribution in [-0.2, 0) is 27.2 Å². The Labute approximate surface area is 158 Å². The molecule has 0 atom stereocenters. The van der Waals surface area contributed by atoms with Gasteiger partial charge in [-0.1, -0.05) is 36.4 Å². The lowest BCUT2D eigenvalue weighted by molar-refractivity contribution is -0.161. The van der Waals surface area contributed by atoms with E-state index in [-0.39, 0.29) is 17.5 Å². The first-order chi connectivity index (χ1) is 13.2. The summed E-state index contributed by atoms with van der Waals surface area (Å²) in [6, 6.07) is 11.4. The van der Waals surface area contributed by atoms with E-state index < -0.39 is 41.5 Å². The van der Waals surface area contributed by atoms with E-state index in [2.05, 4.69) is 0 Å². The van der Waals surface area contributed by atoms with Crippen molar-refractivity contribution in [3.63, 3.8) is 0 Å². The van der Waals surface area contributed by atoms with Crippen LogP contribution in [0.3, 0.4) is 0 Å². The normalized spacial score (nSPS) is 10.9. The molecule has 0 spiro atoms. The number of phenolic OH excluding ortho intramolecular Hbond substituents is 1. The first kappa shape index (κ1) is 20.4. The Morgan fingerprint density at radius 2 is 1.50 bits per heavy atom. The predicted octanol–water partition coefficient (Wildman–Crippen LogP) is 0.900. The predicted molar refractivity (Wildman–Crippen MR) is 95.1 cm³/mol. The number of nitrogens with one attached hydrogen (secondary N) is 1. The van der Waals surface area contributed by atoms with E-state index in [1.165, 1.54) is 0 Å². The first-order valence-corrected chi connectivity index (χ1v) is 8.02. The van der Waals surface area contributed by atoms with Crippen molar-refractivity contribution in [1.82, 2.24) is 5.32 Å². The monoisotopic (exact) mass is 387 g/mol. The molecule has 9 heteroatoms. The molecule has 0 saturated carbocycles. The summed E-state index contributed by atoms with van der Waals surface area (Å²) in [4.78, 5) is 46.7. The molecule has 0 saturated heterocycles. The lowest BCUT2D eigenvalue weighted by Gasteiger charge is -2.26. The summed E-state index contributed by atoms with van der Waals surface area (Å²) in [5, 5.41) is 40.0. The van der Waals surface area contributed by atoms with Gasteiger partial charge in [-0.15, -0.1) is 0 Å². The molecule has 146 valence electrons. The van der Waals surface area contributed by atoms with Gasteiger partial charge in [0.1, 0.15) is 5.75 Å². The van der Waals surface area contributed by atoms with Crippen LogP contribution in [0.25, 0.3) is 0 Å². The maximum atomic E-state index is 12.3. The van der Waals surface area contributed by atoms with Crippen LogP contribution in [0.15, 0.2) is 48.5 Å². The number of carbonyl (C=O) groups excluding carboxylic acids is 1. The number of phenols is 1. The maximum absolute atomic E-state index is 12.3. The minimum absolute atomic E-state index is 0.144. The van der Waals surface area contributed by atoms with Crippen LogP contribution >= 0.6 is 0 Å². The summed E-state index contributed by atoms with van der Waals surface area (Å²) in [7, 11) is 0. The summed E-state index contributed by atoms with van der Waals surface area (Å²) in [5.74, 6) is -6.41. The molecule has 0 fully saturated rings. The number of hydrogen-bond donors (Lipinski definition) is 5. The largest absolute Gasteiger partial charge is 0.508 e. The Hall–Kier alpha value is -3.88. The SMILES string of the molecule is O=C(Cc1ccccc1)NC(Cc1ccc(C(=O)O)cc1O)(C(=O)O)C(=O)O. The van der Waals surface area contributed by atoms with Gasteiger partial charge in [-0.05, 0) is 23.3 Å². The number of carbonyl (C=O) groups is 4. The first-order valence-electron chi connectivity index (χ1n) is 8.02. The van der Waals surface area contributed by atoms with Gasteiger partial charge in [0.25, 0.3) is 0 Å². The van der Waals surface area contributed by atoms with Crippen LogP contribution in [0, 0.1) is 0 Å². The number of aliphatic carboxylic acids is 2. The molecule has 0 aliphatic carbocycles. The number of carboxylic acids is 3. The van der Waals surface area contributed by atoms with Crippen LogP contribution in [0.5, 0.6) is 5.75 Å². The summed E-state index contributed by atoms with van der Waals surface area (Å²) >= 11 is 0. The number of amides is 1. The highest BCUT2D eigenvalue weighted by Crippen LogP contribution is 2.25. The second-order valence-electron chi connectivity index (χ2n) is 6.05. The quantitative estimate of drug-likeness (QED) is 0.417.